The zero-order chi connectivity index (χ0) is 14.4. The second kappa shape index (κ2) is 7.17. The SMILES string of the molecule is COC(=O)C(Nc1ccc(OC)cc1)C1CCCCC1. The predicted octanol–water partition coefficient (Wildman–Crippen LogP) is 3.23. The van der Waals surface area contributed by atoms with Gasteiger partial charge in [-0.2, -0.15) is 0 Å². The molecule has 0 heterocycles. The maximum Gasteiger partial charge on any atom is 0.328 e. The van der Waals surface area contributed by atoms with Crippen molar-refractivity contribution >= 4 is 11.7 Å². The lowest BCUT2D eigenvalue weighted by Gasteiger charge is -2.29. The van der Waals surface area contributed by atoms with Gasteiger partial charge in [0, 0.05) is 5.69 Å². The number of hydrogen-bond donors (Lipinski definition) is 1. The van der Waals surface area contributed by atoms with Crippen LogP contribution in [0.2, 0.25) is 0 Å². The van der Waals surface area contributed by atoms with Crippen LogP contribution in [0.4, 0.5) is 5.69 Å². The van der Waals surface area contributed by atoms with Gasteiger partial charge in [-0.05, 0) is 43.0 Å². The molecule has 0 amide bonds. The minimum atomic E-state index is -0.256. The third-order valence-electron chi connectivity index (χ3n) is 3.99. The van der Waals surface area contributed by atoms with Crippen molar-refractivity contribution in [3.05, 3.63) is 24.3 Å². The van der Waals surface area contributed by atoms with Crippen LogP contribution >= 0.6 is 0 Å². The fourth-order valence-corrected chi connectivity index (χ4v) is 2.83. The molecule has 0 radical (unpaired) electrons. The lowest BCUT2D eigenvalue weighted by Crippen LogP contribution is -2.38. The van der Waals surface area contributed by atoms with Crippen LogP contribution in [0.5, 0.6) is 5.75 Å². The third-order valence-corrected chi connectivity index (χ3v) is 3.99. The van der Waals surface area contributed by atoms with E-state index in [0.717, 1.165) is 24.3 Å². The normalized spacial score (nSPS) is 17.3. The number of benzene rings is 1. The Labute approximate surface area is 120 Å². The van der Waals surface area contributed by atoms with Crippen LogP contribution in [0, 0.1) is 5.92 Å². The van der Waals surface area contributed by atoms with E-state index < -0.39 is 0 Å². The minimum absolute atomic E-state index is 0.173. The van der Waals surface area contributed by atoms with E-state index in [2.05, 4.69) is 5.32 Å². The monoisotopic (exact) mass is 277 g/mol. The summed E-state index contributed by atoms with van der Waals surface area (Å²) in [6.45, 7) is 0. The Hall–Kier alpha value is -1.71. The Morgan fingerprint density at radius 2 is 1.80 bits per heavy atom. The van der Waals surface area contributed by atoms with Gasteiger partial charge in [0.05, 0.1) is 14.2 Å². The Balaban J connectivity index is 2.07. The molecule has 0 spiro atoms. The van der Waals surface area contributed by atoms with E-state index in [-0.39, 0.29) is 12.0 Å². The summed E-state index contributed by atoms with van der Waals surface area (Å²) in [5.74, 6) is 0.994. The summed E-state index contributed by atoms with van der Waals surface area (Å²) >= 11 is 0. The van der Waals surface area contributed by atoms with Crippen LogP contribution in [0.1, 0.15) is 32.1 Å². The van der Waals surface area contributed by atoms with Crippen molar-refractivity contribution in [2.24, 2.45) is 5.92 Å². The van der Waals surface area contributed by atoms with Gasteiger partial charge < -0.3 is 14.8 Å². The van der Waals surface area contributed by atoms with Gasteiger partial charge in [0.25, 0.3) is 0 Å². The van der Waals surface area contributed by atoms with E-state index in [0.29, 0.717) is 5.92 Å². The van der Waals surface area contributed by atoms with Crippen molar-refractivity contribution in [2.75, 3.05) is 19.5 Å². The summed E-state index contributed by atoms with van der Waals surface area (Å²) in [6, 6.07) is 7.37. The number of ether oxygens (including phenoxy) is 2. The molecular formula is C16H23NO3. The van der Waals surface area contributed by atoms with Crippen LogP contribution in [0.15, 0.2) is 24.3 Å². The Bertz CT molecular complexity index is 424. The van der Waals surface area contributed by atoms with Gasteiger partial charge >= 0.3 is 5.97 Å². The van der Waals surface area contributed by atoms with Gasteiger partial charge in [0.1, 0.15) is 11.8 Å². The Morgan fingerprint density at radius 3 is 2.35 bits per heavy atom. The van der Waals surface area contributed by atoms with Crippen molar-refractivity contribution < 1.29 is 14.3 Å². The highest BCUT2D eigenvalue weighted by Crippen LogP contribution is 2.29. The van der Waals surface area contributed by atoms with Crippen molar-refractivity contribution in [3.63, 3.8) is 0 Å². The molecule has 110 valence electrons. The van der Waals surface area contributed by atoms with Gasteiger partial charge in [-0.25, -0.2) is 4.79 Å². The molecule has 0 aromatic heterocycles. The second-order valence-electron chi connectivity index (χ2n) is 5.27. The van der Waals surface area contributed by atoms with Gasteiger partial charge in [0.15, 0.2) is 0 Å². The first-order valence-corrected chi connectivity index (χ1v) is 7.23. The molecule has 0 aliphatic heterocycles. The van der Waals surface area contributed by atoms with Crippen molar-refractivity contribution in [1.82, 2.24) is 0 Å². The van der Waals surface area contributed by atoms with Crippen molar-refractivity contribution in [1.29, 1.82) is 0 Å². The highest BCUT2D eigenvalue weighted by molar-refractivity contribution is 5.79. The number of anilines is 1. The van der Waals surface area contributed by atoms with E-state index in [9.17, 15) is 4.79 Å². The average Bonchev–Trinajstić information content (AvgIpc) is 2.53. The van der Waals surface area contributed by atoms with Crippen LogP contribution in [-0.4, -0.2) is 26.2 Å². The van der Waals surface area contributed by atoms with E-state index in [1.807, 2.05) is 24.3 Å². The number of carbonyl (C=O) groups is 1. The highest BCUT2D eigenvalue weighted by Gasteiger charge is 2.30. The molecule has 1 saturated carbocycles. The van der Waals surface area contributed by atoms with Crippen LogP contribution in [0.3, 0.4) is 0 Å². The number of methoxy groups -OCH3 is 2. The van der Waals surface area contributed by atoms with E-state index >= 15 is 0 Å². The predicted molar refractivity (Wildman–Crippen MR) is 79.0 cm³/mol. The lowest BCUT2D eigenvalue weighted by atomic mass is 9.83. The molecule has 0 saturated heterocycles. The van der Waals surface area contributed by atoms with Crippen LogP contribution in [0.25, 0.3) is 0 Å². The average molecular weight is 277 g/mol. The summed E-state index contributed by atoms with van der Waals surface area (Å²) in [4.78, 5) is 12.0. The lowest BCUT2D eigenvalue weighted by molar-refractivity contribution is -0.143. The zero-order valence-electron chi connectivity index (χ0n) is 12.2. The molecule has 4 heteroatoms. The standard InChI is InChI=1S/C16H23NO3/c1-19-14-10-8-13(9-11-14)17-15(16(18)20-2)12-6-4-3-5-7-12/h8-12,15,17H,3-7H2,1-2H3. The largest absolute Gasteiger partial charge is 0.497 e. The van der Waals surface area contributed by atoms with Crippen molar-refractivity contribution in [3.8, 4) is 5.75 Å². The molecule has 1 fully saturated rings. The molecule has 1 aliphatic carbocycles. The number of hydrogen-bond acceptors (Lipinski definition) is 4. The topological polar surface area (TPSA) is 47.6 Å². The first kappa shape index (κ1) is 14.7. The first-order valence-electron chi connectivity index (χ1n) is 7.23. The van der Waals surface area contributed by atoms with Crippen molar-refractivity contribution in [2.45, 2.75) is 38.1 Å². The highest BCUT2D eigenvalue weighted by atomic mass is 16.5. The molecule has 1 aromatic carbocycles. The molecule has 1 N–H and O–H groups in total. The second-order valence-corrected chi connectivity index (χ2v) is 5.27. The molecular weight excluding hydrogens is 254 g/mol. The zero-order valence-corrected chi connectivity index (χ0v) is 12.2. The van der Waals surface area contributed by atoms with E-state index in [1.54, 1.807) is 7.11 Å². The molecule has 1 aromatic rings. The van der Waals surface area contributed by atoms with E-state index in [4.69, 9.17) is 9.47 Å². The molecule has 4 nitrogen and oxygen atoms in total. The number of rotatable bonds is 5. The van der Waals surface area contributed by atoms with Gasteiger partial charge in [0.2, 0.25) is 0 Å². The summed E-state index contributed by atoms with van der Waals surface area (Å²) in [7, 11) is 3.09. The minimum Gasteiger partial charge on any atom is -0.497 e. The van der Waals surface area contributed by atoms with Gasteiger partial charge in [-0.15, -0.1) is 0 Å². The molecule has 1 unspecified atom stereocenters. The molecule has 1 atom stereocenters. The number of esters is 1. The third kappa shape index (κ3) is 3.65. The first-order chi connectivity index (χ1) is 9.74. The Morgan fingerprint density at radius 1 is 1.15 bits per heavy atom. The molecule has 20 heavy (non-hydrogen) atoms. The summed E-state index contributed by atoms with van der Waals surface area (Å²) in [5, 5.41) is 3.32. The Kier molecular flexibility index (Phi) is 5.27. The number of nitrogens with one attached hydrogen (secondary N) is 1. The quantitative estimate of drug-likeness (QED) is 0.839. The van der Waals surface area contributed by atoms with Gasteiger partial charge in [-0.1, -0.05) is 19.3 Å². The molecule has 2 rings (SSSR count). The fraction of sp³-hybridized carbons (Fsp3) is 0.562. The fourth-order valence-electron chi connectivity index (χ4n) is 2.83. The number of carbonyl (C=O) groups excluding carboxylic acids is 1. The smallest absolute Gasteiger partial charge is 0.328 e. The van der Waals surface area contributed by atoms with Crippen LogP contribution < -0.4 is 10.1 Å². The summed E-state index contributed by atoms with van der Waals surface area (Å²) < 4.78 is 10.1. The van der Waals surface area contributed by atoms with Crippen LogP contribution in [-0.2, 0) is 9.53 Å². The van der Waals surface area contributed by atoms with Gasteiger partial charge in [-0.3, -0.25) is 0 Å². The maximum absolute atomic E-state index is 12.0. The molecule has 0 bridgehead atoms. The summed E-state index contributed by atoms with van der Waals surface area (Å²) in [6.07, 6.45) is 5.84. The molecule has 1 aliphatic rings. The van der Waals surface area contributed by atoms with E-state index in [1.165, 1.54) is 26.4 Å². The summed E-state index contributed by atoms with van der Waals surface area (Å²) in [5.41, 5.74) is 0.923. The maximum atomic E-state index is 12.0.